The number of nitrogens with one attached hydrogen (secondary N) is 2. The fraction of sp³-hybridized carbons (Fsp3) is 0.933. The van der Waals surface area contributed by atoms with Gasteiger partial charge in [0.05, 0.1) is 18.7 Å². The lowest BCUT2D eigenvalue weighted by Gasteiger charge is -2.36. The summed E-state index contributed by atoms with van der Waals surface area (Å²) in [6, 6.07) is 0.920. The van der Waals surface area contributed by atoms with Crippen LogP contribution in [-0.4, -0.2) is 61.8 Å². The highest BCUT2D eigenvalue weighted by atomic mass is 16.5. The molecule has 3 heterocycles. The van der Waals surface area contributed by atoms with E-state index in [2.05, 4.69) is 15.5 Å². The molecule has 2 N–H and O–H groups in total. The molecule has 0 aliphatic carbocycles. The van der Waals surface area contributed by atoms with Gasteiger partial charge >= 0.3 is 0 Å². The summed E-state index contributed by atoms with van der Waals surface area (Å²) < 4.78 is 5.45. The van der Waals surface area contributed by atoms with Gasteiger partial charge in [-0.25, -0.2) is 0 Å². The third-order valence-electron chi connectivity index (χ3n) is 4.88. The molecule has 2 unspecified atom stereocenters. The van der Waals surface area contributed by atoms with Crippen LogP contribution in [0.25, 0.3) is 0 Å². The van der Waals surface area contributed by atoms with Gasteiger partial charge in [-0.3, -0.25) is 9.69 Å². The largest absolute Gasteiger partial charge is 0.379 e. The maximum absolute atomic E-state index is 12.5. The highest BCUT2D eigenvalue weighted by molar-refractivity contribution is 5.82. The lowest BCUT2D eigenvalue weighted by atomic mass is 10.0. The van der Waals surface area contributed by atoms with Gasteiger partial charge in [-0.15, -0.1) is 0 Å². The van der Waals surface area contributed by atoms with E-state index in [0.717, 1.165) is 51.9 Å². The highest BCUT2D eigenvalue weighted by Crippen LogP contribution is 2.24. The molecule has 5 heteroatoms. The van der Waals surface area contributed by atoms with Crippen molar-refractivity contribution in [2.24, 2.45) is 0 Å². The van der Waals surface area contributed by atoms with E-state index in [1.807, 2.05) is 0 Å². The van der Waals surface area contributed by atoms with Gasteiger partial charge in [-0.2, -0.15) is 0 Å². The fourth-order valence-corrected chi connectivity index (χ4v) is 3.80. The summed E-state index contributed by atoms with van der Waals surface area (Å²) in [5.74, 6) is 0.233. The van der Waals surface area contributed by atoms with Crippen LogP contribution in [-0.2, 0) is 9.53 Å². The first-order valence-electron chi connectivity index (χ1n) is 8.19. The van der Waals surface area contributed by atoms with Crippen molar-refractivity contribution in [3.8, 4) is 0 Å². The molecule has 3 saturated heterocycles. The summed E-state index contributed by atoms with van der Waals surface area (Å²) in [5.41, 5.74) is 0. The monoisotopic (exact) mass is 281 g/mol. The molecule has 3 rings (SSSR count). The molecule has 0 saturated carbocycles. The van der Waals surface area contributed by atoms with Crippen LogP contribution in [0.15, 0.2) is 0 Å². The molecule has 3 aliphatic heterocycles. The Morgan fingerprint density at radius 3 is 2.75 bits per heavy atom. The first-order chi connectivity index (χ1) is 9.84. The van der Waals surface area contributed by atoms with Gasteiger partial charge in [0.25, 0.3) is 0 Å². The molecule has 3 fully saturated rings. The summed E-state index contributed by atoms with van der Waals surface area (Å²) in [6.07, 6.45) is 6.65. The zero-order valence-electron chi connectivity index (χ0n) is 12.3. The van der Waals surface area contributed by atoms with Gasteiger partial charge in [0, 0.05) is 12.6 Å². The minimum atomic E-state index is 0.0972. The Morgan fingerprint density at radius 1 is 1.15 bits per heavy atom. The number of nitrogens with zero attached hydrogens (tertiary/aromatic N) is 1. The van der Waals surface area contributed by atoms with Crippen molar-refractivity contribution >= 4 is 5.91 Å². The van der Waals surface area contributed by atoms with Gasteiger partial charge in [0.2, 0.25) is 5.91 Å². The van der Waals surface area contributed by atoms with Crippen molar-refractivity contribution in [1.82, 2.24) is 15.5 Å². The van der Waals surface area contributed by atoms with Crippen molar-refractivity contribution in [3.63, 3.8) is 0 Å². The van der Waals surface area contributed by atoms with Crippen LogP contribution in [0.5, 0.6) is 0 Å². The van der Waals surface area contributed by atoms with E-state index in [9.17, 15) is 4.79 Å². The predicted octanol–water partition coefficient (Wildman–Crippen LogP) is 0.498. The third kappa shape index (κ3) is 3.32. The smallest absolute Gasteiger partial charge is 0.237 e. The number of hydrogen-bond acceptors (Lipinski definition) is 4. The molecule has 114 valence electrons. The first kappa shape index (κ1) is 14.3. The average molecular weight is 281 g/mol. The Labute approximate surface area is 121 Å². The zero-order chi connectivity index (χ0) is 13.8. The van der Waals surface area contributed by atoms with Crippen LogP contribution in [0.4, 0.5) is 0 Å². The molecule has 0 bridgehead atoms. The number of amides is 1. The predicted molar refractivity (Wildman–Crippen MR) is 77.6 cm³/mol. The van der Waals surface area contributed by atoms with Gasteiger partial charge in [-0.05, 0) is 58.2 Å². The van der Waals surface area contributed by atoms with Crippen LogP contribution >= 0.6 is 0 Å². The Kier molecular flexibility index (Phi) is 4.91. The molecule has 0 radical (unpaired) electrons. The van der Waals surface area contributed by atoms with E-state index in [0.29, 0.717) is 12.6 Å². The number of hydrogen-bond donors (Lipinski definition) is 2. The van der Waals surface area contributed by atoms with Gasteiger partial charge in [0.15, 0.2) is 0 Å². The van der Waals surface area contributed by atoms with Crippen molar-refractivity contribution in [2.75, 3.05) is 32.8 Å². The van der Waals surface area contributed by atoms with E-state index < -0.39 is 0 Å². The number of ether oxygens (including phenoxy) is 1. The maximum atomic E-state index is 12.5. The summed E-state index contributed by atoms with van der Waals surface area (Å²) in [7, 11) is 0. The SMILES string of the molecule is O=C(NC1CCCOC1)C1CCCN1C1CCNCC1. The average Bonchev–Trinajstić information content (AvgIpc) is 2.99. The van der Waals surface area contributed by atoms with Gasteiger partial charge in [0.1, 0.15) is 0 Å². The minimum Gasteiger partial charge on any atom is -0.379 e. The van der Waals surface area contributed by atoms with Crippen LogP contribution in [0.3, 0.4) is 0 Å². The maximum Gasteiger partial charge on any atom is 0.237 e. The second-order valence-corrected chi connectivity index (χ2v) is 6.30. The Bertz CT molecular complexity index is 325. The van der Waals surface area contributed by atoms with E-state index in [1.165, 1.54) is 12.8 Å². The Hall–Kier alpha value is -0.650. The summed E-state index contributed by atoms with van der Waals surface area (Å²) in [6.45, 7) is 4.80. The minimum absolute atomic E-state index is 0.0972. The summed E-state index contributed by atoms with van der Waals surface area (Å²) in [5, 5.41) is 6.61. The van der Waals surface area contributed by atoms with E-state index >= 15 is 0 Å². The number of likely N-dealkylation sites (tertiary alicyclic amines) is 1. The summed E-state index contributed by atoms with van der Waals surface area (Å²) in [4.78, 5) is 15.0. The highest BCUT2D eigenvalue weighted by Gasteiger charge is 2.36. The van der Waals surface area contributed by atoms with E-state index in [4.69, 9.17) is 4.74 Å². The van der Waals surface area contributed by atoms with Crippen molar-refractivity contribution in [2.45, 2.75) is 56.7 Å². The lowest BCUT2D eigenvalue weighted by Crippen LogP contribution is -2.53. The molecule has 1 amide bonds. The normalized spacial score (nSPS) is 33.2. The standard InChI is InChI=1S/C15H27N3O2/c19-15(17-12-3-2-10-20-11-12)14-4-1-9-18(14)13-5-7-16-8-6-13/h12-14,16H,1-11H2,(H,17,19). The third-order valence-corrected chi connectivity index (χ3v) is 4.88. The molecule has 5 nitrogen and oxygen atoms in total. The number of carbonyl (C=O) groups is 1. The Balaban J connectivity index is 1.55. The van der Waals surface area contributed by atoms with Gasteiger partial charge in [-0.1, -0.05) is 0 Å². The molecule has 20 heavy (non-hydrogen) atoms. The van der Waals surface area contributed by atoms with E-state index in [-0.39, 0.29) is 18.0 Å². The van der Waals surface area contributed by atoms with Crippen molar-refractivity contribution < 1.29 is 9.53 Å². The zero-order valence-corrected chi connectivity index (χ0v) is 12.3. The lowest BCUT2D eigenvalue weighted by molar-refractivity contribution is -0.128. The van der Waals surface area contributed by atoms with Crippen molar-refractivity contribution in [3.05, 3.63) is 0 Å². The second-order valence-electron chi connectivity index (χ2n) is 6.30. The van der Waals surface area contributed by atoms with Crippen LogP contribution in [0.1, 0.15) is 38.5 Å². The van der Waals surface area contributed by atoms with E-state index in [1.54, 1.807) is 0 Å². The molecule has 3 aliphatic rings. The molecular weight excluding hydrogens is 254 g/mol. The molecular formula is C15H27N3O2. The molecule has 0 aromatic heterocycles. The van der Waals surface area contributed by atoms with Crippen molar-refractivity contribution in [1.29, 1.82) is 0 Å². The molecule has 0 aromatic carbocycles. The van der Waals surface area contributed by atoms with Crippen LogP contribution in [0.2, 0.25) is 0 Å². The first-order valence-corrected chi connectivity index (χ1v) is 8.19. The van der Waals surface area contributed by atoms with Gasteiger partial charge < -0.3 is 15.4 Å². The van der Waals surface area contributed by atoms with Crippen LogP contribution < -0.4 is 10.6 Å². The second kappa shape index (κ2) is 6.87. The summed E-state index contributed by atoms with van der Waals surface area (Å²) >= 11 is 0. The van der Waals surface area contributed by atoms with Crippen LogP contribution in [0, 0.1) is 0 Å². The molecule has 0 spiro atoms. The Morgan fingerprint density at radius 2 is 2.00 bits per heavy atom. The number of piperidine rings is 1. The quantitative estimate of drug-likeness (QED) is 0.791. The fourth-order valence-electron chi connectivity index (χ4n) is 3.80. The number of carbonyl (C=O) groups excluding carboxylic acids is 1. The topological polar surface area (TPSA) is 53.6 Å². The molecule has 0 aromatic rings. The number of rotatable bonds is 3. The molecule has 2 atom stereocenters.